The lowest BCUT2D eigenvalue weighted by Gasteiger charge is -1.94. The van der Waals surface area contributed by atoms with Crippen LogP contribution in [0.5, 0.6) is 5.75 Å². The summed E-state index contributed by atoms with van der Waals surface area (Å²) in [6.45, 7) is 0.291. The molecule has 1 atom stereocenters. The molecule has 0 aliphatic carbocycles. The van der Waals surface area contributed by atoms with E-state index in [9.17, 15) is 5.11 Å². The molecule has 1 aliphatic rings. The van der Waals surface area contributed by atoms with E-state index >= 15 is 0 Å². The fourth-order valence-corrected chi connectivity index (χ4v) is 1.13. The van der Waals surface area contributed by atoms with E-state index < -0.39 is 6.10 Å². The molecule has 0 spiro atoms. The zero-order valence-corrected chi connectivity index (χ0v) is 5.41. The van der Waals surface area contributed by atoms with Gasteiger partial charge in [-0.15, -0.1) is 0 Å². The maximum absolute atomic E-state index is 11.0. The van der Waals surface area contributed by atoms with Gasteiger partial charge in [0.2, 0.25) is 0 Å². The zero-order valence-electron chi connectivity index (χ0n) is 5.41. The normalized spacial score (nSPS) is 21.9. The minimum atomic E-state index is -0.670. The molecule has 0 aromatic heterocycles. The van der Waals surface area contributed by atoms with Crippen LogP contribution in [0.3, 0.4) is 0 Å². The summed E-state index contributed by atoms with van der Waals surface area (Å²) in [5.41, 5.74) is 0.794. The Morgan fingerprint density at radius 1 is 1.40 bits per heavy atom. The van der Waals surface area contributed by atoms with Crippen molar-refractivity contribution in [1.82, 2.24) is 0 Å². The van der Waals surface area contributed by atoms with E-state index in [2.05, 4.69) is 0 Å². The van der Waals surface area contributed by atoms with Crippen LogP contribution in [0.25, 0.3) is 0 Å². The van der Waals surface area contributed by atoms with Crippen LogP contribution in [0.2, 0.25) is 0 Å². The summed E-state index contributed by atoms with van der Waals surface area (Å²) in [4.78, 5) is 0. The molecule has 1 aliphatic heterocycles. The zero-order chi connectivity index (χ0) is 6.97. The summed E-state index contributed by atoms with van der Waals surface area (Å²) in [5.74, 6) is 0.752. The van der Waals surface area contributed by atoms with Crippen molar-refractivity contribution in [2.75, 3.05) is 6.61 Å². The van der Waals surface area contributed by atoms with Gasteiger partial charge in [-0.1, -0.05) is 18.2 Å². The monoisotopic (exact) mass is 135 g/mol. The predicted molar refractivity (Wildman–Crippen MR) is 35.4 cm³/mol. The Balaban J connectivity index is 2.51. The summed E-state index contributed by atoms with van der Waals surface area (Å²) < 4.78 is 5.10. The van der Waals surface area contributed by atoms with E-state index in [0.29, 0.717) is 6.61 Å². The Morgan fingerprint density at radius 3 is 3.00 bits per heavy atom. The highest BCUT2D eigenvalue weighted by Crippen LogP contribution is 2.31. The standard InChI is InChI=1S/C8H7O2/c9-7-5-10-8-4-2-1-3-6(7)8/h1-4,7H,5H2. The van der Waals surface area contributed by atoms with Crippen molar-refractivity contribution in [1.29, 1.82) is 0 Å². The number of para-hydroxylation sites is 1. The number of hydrogen-bond acceptors (Lipinski definition) is 1. The van der Waals surface area contributed by atoms with E-state index in [0.717, 1.165) is 11.3 Å². The van der Waals surface area contributed by atoms with E-state index in [-0.39, 0.29) is 0 Å². The topological polar surface area (TPSA) is 29.1 Å². The molecule has 1 aromatic carbocycles. The highest BCUT2D eigenvalue weighted by atomic mass is 16.5. The summed E-state index contributed by atoms with van der Waals surface area (Å²) >= 11 is 0. The second-order valence-electron chi connectivity index (χ2n) is 2.34. The van der Waals surface area contributed by atoms with E-state index in [1.807, 2.05) is 24.3 Å². The Labute approximate surface area is 59.1 Å². The molecular formula is C8H7O2. The van der Waals surface area contributed by atoms with Crippen LogP contribution < -0.4 is 4.74 Å². The molecule has 10 heavy (non-hydrogen) atoms. The lowest BCUT2D eigenvalue weighted by atomic mass is 10.1. The molecule has 1 heterocycles. The van der Waals surface area contributed by atoms with Gasteiger partial charge in [0.25, 0.3) is 0 Å². The van der Waals surface area contributed by atoms with Crippen molar-refractivity contribution in [3.05, 3.63) is 29.8 Å². The van der Waals surface area contributed by atoms with Crippen molar-refractivity contribution in [2.45, 2.75) is 6.10 Å². The lowest BCUT2D eigenvalue weighted by Crippen LogP contribution is -1.95. The minimum Gasteiger partial charge on any atom is -0.490 e. The first kappa shape index (κ1) is 5.74. The molecule has 1 radical (unpaired) electrons. The first-order valence-corrected chi connectivity index (χ1v) is 3.25. The van der Waals surface area contributed by atoms with Gasteiger partial charge in [0, 0.05) is 5.56 Å². The van der Waals surface area contributed by atoms with Crippen LogP contribution >= 0.6 is 0 Å². The fourth-order valence-electron chi connectivity index (χ4n) is 1.13. The molecule has 0 saturated carbocycles. The van der Waals surface area contributed by atoms with Crippen molar-refractivity contribution in [2.24, 2.45) is 0 Å². The molecule has 0 saturated heterocycles. The average molecular weight is 135 g/mol. The van der Waals surface area contributed by atoms with Crippen molar-refractivity contribution < 1.29 is 9.84 Å². The van der Waals surface area contributed by atoms with Crippen molar-refractivity contribution >= 4 is 0 Å². The Morgan fingerprint density at radius 2 is 2.20 bits per heavy atom. The van der Waals surface area contributed by atoms with Gasteiger partial charge in [-0.3, -0.25) is 0 Å². The lowest BCUT2D eigenvalue weighted by molar-refractivity contribution is 0.0678. The van der Waals surface area contributed by atoms with Gasteiger partial charge in [0.05, 0.1) is 0 Å². The quantitative estimate of drug-likeness (QED) is 0.530. The van der Waals surface area contributed by atoms with Crippen LogP contribution in [0, 0.1) is 0 Å². The van der Waals surface area contributed by atoms with Crippen LogP contribution in [-0.2, 0) is 5.11 Å². The van der Waals surface area contributed by atoms with E-state index in [1.54, 1.807) is 0 Å². The summed E-state index contributed by atoms with van der Waals surface area (Å²) in [5, 5.41) is 11.0. The maximum Gasteiger partial charge on any atom is 0.155 e. The molecule has 0 amide bonds. The minimum absolute atomic E-state index is 0.291. The van der Waals surface area contributed by atoms with Crippen LogP contribution in [-0.4, -0.2) is 6.61 Å². The molecule has 51 valence electrons. The second-order valence-corrected chi connectivity index (χ2v) is 2.34. The van der Waals surface area contributed by atoms with Gasteiger partial charge >= 0.3 is 0 Å². The predicted octanol–water partition coefficient (Wildman–Crippen LogP) is 1.55. The van der Waals surface area contributed by atoms with Gasteiger partial charge in [-0.25, -0.2) is 5.11 Å². The Bertz CT molecular complexity index is 245. The number of rotatable bonds is 0. The molecular weight excluding hydrogens is 128 g/mol. The molecule has 2 rings (SSSR count). The molecule has 2 nitrogen and oxygen atoms in total. The van der Waals surface area contributed by atoms with Crippen molar-refractivity contribution in [3.63, 3.8) is 0 Å². The highest BCUT2D eigenvalue weighted by molar-refractivity contribution is 5.37. The number of fused-ring (bicyclic) bond motifs is 1. The SMILES string of the molecule is [O]C1COc2ccccc21. The number of ether oxygens (including phenoxy) is 1. The van der Waals surface area contributed by atoms with E-state index in [4.69, 9.17) is 4.74 Å². The van der Waals surface area contributed by atoms with Gasteiger partial charge in [0.15, 0.2) is 6.10 Å². The van der Waals surface area contributed by atoms with E-state index in [1.165, 1.54) is 0 Å². The first-order chi connectivity index (χ1) is 4.88. The van der Waals surface area contributed by atoms with Gasteiger partial charge in [-0.2, -0.15) is 0 Å². The number of benzene rings is 1. The van der Waals surface area contributed by atoms with Gasteiger partial charge < -0.3 is 4.74 Å². The summed E-state index contributed by atoms with van der Waals surface area (Å²) in [6.07, 6.45) is -0.670. The van der Waals surface area contributed by atoms with Crippen molar-refractivity contribution in [3.8, 4) is 5.75 Å². The summed E-state index contributed by atoms with van der Waals surface area (Å²) in [7, 11) is 0. The molecule has 1 aromatic rings. The highest BCUT2D eigenvalue weighted by Gasteiger charge is 2.21. The Hall–Kier alpha value is -1.02. The third-order valence-corrected chi connectivity index (χ3v) is 1.66. The molecule has 2 heteroatoms. The number of hydrogen-bond donors (Lipinski definition) is 0. The van der Waals surface area contributed by atoms with Gasteiger partial charge in [-0.05, 0) is 6.07 Å². The average Bonchev–Trinajstić information content (AvgIpc) is 2.34. The third kappa shape index (κ3) is 0.693. The molecule has 0 bridgehead atoms. The largest absolute Gasteiger partial charge is 0.490 e. The fraction of sp³-hybridized carbons (Fsp3) is 0.250. The van der Waals surface area contributed by atoms with Crippen LogP contribution in [0.4, 0.5) is 0 Å². The second kappa shape index (κ2) is 1.99. The van der Waals surface area contributed by atoms with Crippen LogP contribution in [0.1, 0.15) is 11.7 Å². The smallest absolute Gasteiger partial charge is 0.155 e. The first-order valence-electron chi connectivity index (χ1n) is 3.25. The van der Waals surface area contributed by atoms with Crippen LogP contribution in [0.15, 0.2) is 24.3 Å². The third-order valence-electron chi connectivity index (χ3n) is 1.66. The molecule has 0 fully saturated rings. The Kier molecular flexibility index (Phi) is 1.14. The maximum atomic E-state index is 11.0. The molecule has 0 N–H and O–H groups in total. The molecule has 1 unspecified atom stereocenters. The van der Waals surface area contributed by atoms with Gasteiger partial charge in [0.1, 0.15) is 12.4 Å². The summed E-state index contributed by atoms with van der Waals surface area (Å²) in [6, 6.07) is 7.38.